The molecule has 1 fully saturated rings. The molecule has 1 aromatic heterocycles. The molecule has 0 unspecified atom stereocenters. The number of anilines is 1. The number of piperazine rings is 1. The van der Waals surface area contributed by atoms with Gasteiger partial charge in [0.15, 0.2) is 5.82 Å². The number of ether oxygens (including phenoxy) is 2. The van der Waals surface area contributed by atoms with Gasteiger partial charge in [-0.2, -0.15) is 8.78 Å². The molecule has 0 aliphatic carbocycles. The summed E-state index contributed by atoms with van der Waals surface area (Å²) < 4.78 is 36.2. The van der Waals surface area contributed by atoms with Gasteiger partial charge in [-0.1, -0.05) is 0 Å². The fourth-order valence-corrected chi connectivity index (χ4v) is 3.05. The van der Waals surface area contributed by atoms with Gasteiger partial charge >= 0.3 is 12.7 Å². The van der Waals surface area contributed by atoms with Crippen LogP contribution in [0.15, 0.2) is 24.3 Å². The molecule has 10 heteroatoms. The summed E-state index contributed by atoms with van der Waals surface area (Å²) in [6.07, 6.45) is -0.318. The van der Waals surface area contributed by atoms with Crippen molar-refractivity contribution in [1.82, 2.24) is 19.7 Å². The predicted molar refractivity (Wildman–Crippen MR) is 103 cm³/mol. The number of carbonyl (C=O) groups excluding carboxylic acids is 1. The monoisotopic (exact) mass is 409 g/mol. The van der Waals surface area contributed by atoms with Gasteiger partial charge in [0, 0.05) is 38.8 Å². The van der Waals surface area contributed by atoms with E-state index in [1.165, 1.54) is 12.1 Å². The zero-order chi connectivity index (χ0) is 21.2. The van der Waals surface area contributed by atoms with Crippen LogP contribution >= 0.6 is 0 Å². The van der Waals surface area contributed by atoms with Gasteiger partial charge in [0.05, 0.1) is 0 Å². The number of alkyl halides is 2. The normalized spacial score (nSPS) is 15.0. The van der Waals surface area contributed by atoms with Crippen molar-refractivity contribution in [3.63, 3.8) is 0 Å². The summed E-state index contributed by atoms with van der Waals surface area (Å²) in [6, 6.07) is 6.25. The van der Waals surface area contributed by atoms with E-state index in [9.17, 15) is 13.6 Å². The minimum Gasteiger partial charge on any atom is -0.444 e. The van der Waals surface area contributed by atoms with Gasteiger partial charge in [-0.25, -0.2) is 4.79 Å². The molecule has 2 heterocycles. The van der Waals surface area contributed by atoms with Crippen LogP contribution in [0.25, 0.3) is 11.4 Å². The van der Waals surface area contributed by atoms with Crippen molar-refractivity contribution in [2.75, 3.05) is 31.1 Å². The number of carbonyl (C=O) groups is 1. The van der Waals surface area contributed by atoms with E-state index in [0.717, 1.165) is 5.56 Å². The predicted octanol–water partition coefficient (Wildman–Crippen LogP) is 3.14. The van der Waals surface area contributed by atoms with Crippen LogP contribution in [-0.4, -0.2) is 64.1 Å². The lowest BCUT2D eigenvalue weighted by molar-refractivity contribution is -0.0498. The maximum atomic E-state index is 12.3. The Kier molecular flexibility index (Phi) is 5.90. The van der Waals surface area contributed by atoms with Gasteiger partial charge in [-0.15, -0.1) is 10.2 Å². The highest BCUT2D eigenvalue weighted by molar-refractivity contribution is 5.68. The van der Waals surface area contributed by atoms with Crippen LogP contribution in [0.2, 0.25) is 0 Å². The zero-order valence-corrected chi connectivity index (χ0v) is 16.9. The van der Waals surface area contributed by atoms with Gasteiger partial charge in [0.25, 0.3) is 0 Å². The van der Waals surface area contributed by atoms with Crippen LogP contribution in [0.4, 0.5) is 19.5 Å². The minimum absolute atomic E-state index is 0.0874. The molecule has 1 aliphatic heterocycles. The van der Waals surface area contributed by atoms with Crippen molar-refractivity contribution in [3.8, 4) is 17.1 Å². The minimum atomic E-state index is -2.86. The molecule has 0 radical (unpaired) electrons. The SMILES string of the molecule is Cn1c(-c2ccc(OC(F)F)cc2)nnc1N1CCN(C(=O)OC(C)(C)C)CC1. The molecule has 158 valence electrons. The summed E-state index contributed by atoms with van der Waals surface area (Å²) >= 11 is 0. The smallest absolute Gasteiger partial charge is 0.410 e. The third-order valence-corrected chi connectivity index (χ3v) is 4.40. The Bertz CT molecular complexity index is 841. The van der Waals surface area contributed by atoms with Crippen molar-refractivity contribution in [1.29, 1.82) is 0 Å². The van der Waals surface area contributed by atoms with Gasteiger partial charge in [0.2, 0.25) is 5.95 Å². The van der Waals surface area contributed by atoms with Crippen LogP contribution < -0.4 is 9.64 Å². The van der Waals surface area contributed by atoms with E-state index in [-0.39, 0.29) is 11.8 Å². The van der Waals surface area contributed by atoms with Gasteiger partial charge in [0.1, 0.15) is 11.4 Å². The van der Waals surface area contributed by atoms with Crippen molar-refractivity contribution >= 4 is 12.0 Å². The van der Waals surface area contributed by atoms with Gasteiger partial charge in [-0.3, -0.25) is 4.57 Å². The van der Waals surface area contributed by atoms with E-state index in [1.54, 1.807) is 17.0 Å². The van der Waals surface area contributed by atoms with E-state index in [0.29, 0.717) is 38.0 Å². The molecule has 8 nitrogen and oxygen atoms in total. The number of rotatable bonds is 4. The summed E-state index contributed by atoms with van der Waals surface area (Å²) in [5.74, 6) is 1.37. The van der Waals surface area contributed by atoms with Crippen molar-refractivity contribution in [3.05, 3.63) is 24.3 Å². The Balaban J connectivity index is 1.65. The number of benzene rings is 1. The first-order chi connectivity index (χ1) is 13.6. The highest BCUT2D eigenvalue weighted by atomic mass is 19.3. The van der Waals surface area contributed by atoms with Gasteiger partial charge in [-0.05, 0) is 45.0 Å². The van der Waals surface area contributed by atoms with E-state index < -0.39 is 12.2 Å². The summed E-state index contributed by atoms with van der Waals surface area (Å²) in [6.45, 7) is 4.92. The van der Waals surface area contributed by atoms with E-state index >= 15 is 0 Å². The van der Waals surface area contributed by atoms with Crippen molar-refractivity contribution < 1.29 is 23.0 Å². The third kappa shape index (κ3) is 5.12. The number of hydrogen-bond acceptors (Lipinski definition) is 6. The third-order valence-electron chi connectivity index (χ3n) is 4.40. The molecule has 1 aliphatic rings. The molecule has 29 heavy (non-hydrogen) atoms. The molecule has 1 amide bonds. The Morgan fingerprint density at radius 1 is 1.07 bits per heavy atom. The van der Waals surface area contributed by atoms with Gasteiger partial charge < -0.3 is 19.3 Å². The highest BCUT2D eigenvalue weighted by Gasteiger charge is 2.28. The first-order valence-electron chi connectivity index (χ1n) is 9.31. The molecule has 0 bridgehead atoms. The fraction of sp³-hybridized carbons (Fsp3) is 0.526. The molecule has 1 saturated heterocycles. The molecule has 2 aromatic rings. The van der Waals surface area contributed by atoms with Crippen LogP contribution in [-0.2, 0) is 11.8 Å². The molecular formula is C19H25F2N5O3. The fourth-order valence-electron chi connectivity index (χ4n) is 3.05. The second kappa shape index (κ2) is 8.22. The van der Waals surface area contributed by atoms with Crippen LogP contribution in [0.3, 0.4) is 0 Å². The summed E-state index contributed by atoms with van der Waals surface area (Å²) in [4.78, 5) is 15.9. The quantitative estimate of drug-likeness (QED) is 0.773. The molecule has 0 spiro atoms. The Labute approximate surface area is 168 Å². The number of halogens is 2. The first-order valence-corrected chi connectivity index (χ1v) is 9.31. The average Bonchev–Trinajstić information content (AvgIpc) is 3.02. The lowest BCUT2D eigenvalue weighted by Crippen LogP contribution is -2.50. The Hall–Kier alpha value is -2.91. The van der Waals surface area contributed by atoms with E-state index in [1.807, 2.05) is 37.3 Å². The number of hydrogen-bond donors (Lipinski definition) is 0. The van der Waals surface area contributed by atoms with Crippen LogP contribution in [0, 0.1) is 0 Å². The Morgan fingerprint density at radius 3 is 2.24 bits per heavy atom. The van der Waals surface area contributed by atoms with Crippen molar-refractivity contribution in [2.24, 2.45) is 7.05 Å². The first kappa shape index (κ1) is 20.8. The standard InChI is InChI=1S/C19H25F2N5O3/c1-19(2,3)29-18(27)26-11-9-25(10-12-26)17-23-22-15(24(17)4)13-5-7-14(8-6-13)28-16(20)21/h5-8,16H,9-12H2,1-4H3. The Morgan fingerprint density at radius 2 is 1.69 bits per heavy atom. The second-order valence-corrected chi connectivity index (χ2v) is 7.74. The highest BCUT2D eigenvalue weighted by Crippen LogP contribution is 2.25. The maximum Gasteiger partial charge on any atom is 0.410 e. The number of nitrogens with zero attached hydrogens (tertiary/aromatic N) is 5. The van der Waals surface area contributed by atoms with Crippen LogP contribution in [0.5, 0.6) is 5.75 Å². The average molecular weight is 409 g/mol. The second-order valence-electron chi connectivity index (χ2n) is 7.74. The lowest BCUT2D eigenvalue weighted by atomic mass is 10.2. The molecule has 0 N–H and O–H groups in total. The molecule has 0 atom stereocenters. The van der Waals surface area contributed by atoms with E-state index in [2.05, 4.69) is 14.9 Å². The zero-order valence-electron chi connectivity index (χ0n) is 16.9. The van der Waals surface area contributed by atoms with E-state index in [4.69, 9.17) is 4.74 Å². The lowest BCUT2D eigenvalue weighted by Gasteiger charge is -2.35. The molecule has 1 aromatic carbocycles. The largest absolute Gasteiger partial charge is 0.444 e. The summed E-state index contributed by atoms with van der Waals surface area (Å²) in [7, 11) is 1.84. The topological polar surface area (TPSA) is 72.7 Å². The summed E-state index contributed by atoms with van der Waals surface area (Å²) in [5, 5.41) is 8.50. The number of aromatic nitrogens is 3. The summed E-state index contributed by atoms with van der Waals surface area (Å²) in [5.41, 5.74) is 0.211. The molecule has 3 rings (SSSR count). The maximum absolute atomic E-state index is 12.3. The van der Waals surface area contributed by atoms with Crippen LogP contribution in [0.1, 0.15) is 20.8 Å². The van der Waals surface area contributed by atoms with Crippen molar-refractivity contribution in [2.45, 2.75) is 33.0 Å². The molecule has 0 saturated carbocycles. The number of amides is 1. The molecular weight excluding hydrogens is 384 g/mol.